The second-order valence-corrected chi connectivity index (χ2v) is 2.91. The highest BCUT2D eigenvalue weighted by Gasteiger charge is 2.12. The van der Waals surface area contributed by atoms with Crippen molar-refractivity contribution in [2.45, 2.75) is 13.0 Å². The highest BCUT2D eigenvalue weighted by molar-refractivity contribution is 5.42. The van der Waals surface area contributed by atoms with Crippen molar-refractivity contribution in [1.29, 1.82) is 0 Å². The monoisotopic (exact) mass is 186 g/mol. The first kappa shape index (κ1) is 9.92. The molecule has 1 aromatic carbocycles. The van der Waals surface area contributed by atoms with E-state index < -0.39 is 11.6 Å². The van der Waals surface area contributed by atoms with E-state index in [-0.39, 0.29) is 17.3 Å². The van der Waals surface area contributed by atoms with Crippen LogP contribution in [0.2, 0.25) is 0 Å². The van der Waals surface area contributed by atoms with E-state index in [1.54, 1.807) is 14.0 Å². The number of nitrogens with two attached hydrogens (primary N) is 1. The van der Waals surface area contributed by atoms with Gasteiger partial charge in [0.25, 0.3) is 0 Å². The van der Waals surface area contributed by atoms with Gasteiger partial charge in [-0.15, -0.1) is 0 Å². The highest BCUT2D eigenvalue weighted by atomic mass is 19.1. The van der Waals surface area contributed by atoms with Gasteiger partial charge in [0.2, 0.25) is 0 Å². The molecule has 1 aromatic rings. The molecule has 1 unspecified atom stereocenters. The lowest BCUT2D eigenvalue weighted by Gasteiger charge is -2.12. The second kappa shape index (κ2) is 3.70. The summed E-state index contributed by atoms with van der Waals surface area (Å²) in [7, 11) is 1.68. The maximum atomic E-state index is 13.2. The van der Waals surface area contributed by atoms with Crippen LogP contribution >= 0.6 is 0 Å². The average molecular weight is 186 g/mol. The van der Waals surface area contributed by atoms with Crippen LogP contribution in [0.15, 0.2) is 12.1 Å². The molecule has 1 rings (SSSR count). The van der Waals surface area contributed by atoms with Gasteiger partial charge in [0.15, 0.2) is 0 Å². The summed E-state index contributed by atoms with van der Waals surface area (Å²) in [6.45, 7) is 1.74. The van der Waals surface area contributed by atoms with Crippen molar-refractivity contribution in [2.24, 2.45) is 0 Å². The van der Waals surface area contributed by atoms with E-state index in [1.165, 1.54) is 0 Å². The van der Waals surface area contributed by atoms with Gasteiger partial charge in [0, 0.05) is 17.7 Å². The third kappa shape index (κ3) is 1.95. The molecule has 0 aliphatic carbocycles. The minimum Gasteiger partial charge on any atom is -0.396 e. The maximum absolute atomic E-state index is 13.2. The molecule has 0 aliphatic rings. The molecule has 0 heterocycles. The molecule has 0 bridgehead atoms. The van der Waals surface area contributed by atoms with Gasteiger partial charge >= 0.3 is 0 Å². The summed E-state index contributed by atoms with van der Waals surface area (Å²) in [5.74, 6) is -1.07. The number of halogens is 2. The molecule has 2 nitrogen and oxygen atoms in total. The number of hydrogen-bond donors (Lipinski definition) is 2. The van der Waals surface area contributed by atoms with Crippen LogP contribution in [0.1, 0.15) is 18.5 Å². The Labute approximate surface area is 75.7 Å². The lowest BCUT2D eigenvalue weighted by atomic mass is 10.1. The number of anilines is 1. The van der Waals surface area contributed by atoms with E-state index in [0.717, 1.165) is 12.1 Å². The standard InChI is InChI=1S/C9H12F2N2/c1-5(13-2)6-3-8(11)9(12)4-7(6)10/h3-5,13H,12H2,1-2H3. The van der Waals surface area contributed by atoms with Crippen LogP contribution in [0, 0.1) is 11.6 Å². The van der Waals surface area contributed by atoms with E-state index in [1.807, 2.05) is 0 Å². The fourth-order valence-corrected chi connectivity index (χ4v) is 1.06. The van der Waals surface area contributed by atoms with Gasteiger partial charge in [-0.25, -0.2) is 8.78 Å². The summed E-state index contributed by atoms with van der Waals surface area (Å²) in [5, 5.41) is 2.82. The summed E-state index contributed by atoms with van der Waals surface area (Å²) in [6, 6.07) is 1.89. The number of nitrogen functional groups attached to an aromatic ring is 1. The first-order chi connectivity index (χ1) is 6.06. The van der Waals surface area contributed by atoms with Gasteiger partial charge in [0.1, 0.15) is 11.6 Å². The molecule has 4 heteroatoms. The van der Waals surface area contributed by atoms with Crippen LogP contribution in [-0.2, 0) is 0 Å². The zero-order valence-electron chi connectivity index (χ0n) is 7.57. The van der Waals surface area contributed by atoms with Crippen molar-refractivity contribution in [3.05, 3.63) is 29.3 Å². The van der Waals surface area contributed by atoms with Crippen LogP contribution in [0.4, 0.5) is 14.5 Å². The van der Waals surface area contributed by atoms with Crippen molar-refractivity contribution < 1.29 is 8.78 Å². The smallest absolute Gasteiger partial charge is 0.146 e. The number of benzene rings is 1. The fourth-order valence-electron chi connectivity index (χ4n) is 1.06. The SMILES string of the molecule is CNC(C)c1cc(F)c(N)cc1F. The zero-order chi connectivity index (χ0) is 10.0. The summed E-state index contributed by atoms with van der Waals surface area (Å²) in [5.41, 5.74) is 5.32. The molecule has 0 saturated heterocycles. The molecule has 3 N–H and O–H groups in total. The minimum absolute atomic E-state index is 0.162. The van der Waals surface area contributed by atoms with Gasteiger partial charge in [-0.05, 0) is 20.0 Å². The number of rotatable bonds is 2. The molecule has 1 atom stereocenters. The Morgan fingerprint density at radius 2 is 1.92 bits per heavy atom. The molecular weight excluding hydrogens is 174 g/mol. The molecule has 13 heavy (non-hydrogen) atoms. The first-order valence-corrected chi connectivity index (χ1v) is 3.98. The lowest BCUT2D eigenvalue weighted by molar-refractivity contribution is 0.548. The molecule has 0 fully saturated rings. The first-order valence-electron chi connectivity index (χ1n) is 3.98. The van der Waals surface area contributed by atoms with Crippen molar-refractivity contribution in [3.63, 3.8) is 0 Å². The van der Waals surface area contributed by atoms with E-state index in [2.05, 4.69) is 5.32 Å². The summed E-state index contributed by atoms with van der Waals surface area (Å²) in [6.07, 6.45) is 0. The third-order valence-electron chi connectivity index (χ3n) is 2.02. The van der Waals surface area contributed by atoms with E-state index in [4.69, 9.17) is 5.73 Å². The Bertz CT molecular complexity index is 313. The van der Waals surface area contributed by atoms with Crippen LogP contribution in [0.25, 0.3) is 0 Å². The topological polar surface area (TPSA) is 38.0 Å². The molecule has 0 aromatic heterocycles. The largest absolute Gasteiger partial charge is 0.396 e. The van der Waals surface area contributed by atoms with Gasteiger partial charge in [0.05, 0.1) is 5.69 Å². The predicted octanol–water partition coefficient (Wildman–Crippen LogP) is 1.83. The van der Waals surface area contributed by atoms with Gasteiger partial charge < -0.3 is 11.1 Å². The van der Waals surface area contributed by atoms with Crippen LogP contribution < -0.4 is 11.1 Å². The Kier molecular flexibility index (Phi) is 2.83. The van der Waals surface area contributed by atoms with Gasteiger partial charge in [-0.2, -0.15) is 0 Å². The summed E-state index contributed by atoms with van der Waals surface area (Å²) in [4.78, 5) is 0. The predicted molar refractivity (Wildman–Crippen MR) is 48.2 cm³/mol. The fraction of sp³-hybridized carbons (Fsp3) is 0.333. The Morgan fingerprint density at radius 3 is 2.46 bits per heavy atom. The highest BCUT2D eigenvalue weighted by Crippen LogP contribution is 2.21. The normalized spacial score (nSPS) is 12.9. The Balaban J connectivity index is 3.15. The maximum Gasteiger partial charge on any atom is 0.146 e. The molecule has 0 saturated carbocycles. The van der Waals surface area contributed by atoms with Crippen LogP contribution in [0.5, 0.6) is 0 Å². The third-order valence-corrected chi connectivity index (χ3v) is 2.02. The van der Waals surface area contributed by atoms with Crippen molar-refractivity contribution >= 4 is 5.69 Å². The number of hydrogen-bond acceptors (Lipinski definition) is 2. The Morgan fingerprint density at radius 1 is 1.31 bits per heavy atom. The molecule has 0 amide bonds. The molecular formula is C9H12F2N2. The molecule has 0 spiro atoms. The van der Waals surface area contributed by atoms with Gasteiger partial charge in [-0.1, -0.05) is 0 Å². The van der Waals surface area contributed by atoms with Crippen LogP contribution in [-0.4, -0.2) is 7.05 Å². The van der Waals surface area contributed by atoms with E-state index in [0.29, 0.717) is 0 Å². The van der Waals surface area contributed by atoms with Crippen molar-refractivity contribution in [1.82, 2.24) is 5.32 Å². The average Bonchev–Trinajstić information content (AvgIpc) is 2.10. The molecule has 72 valence electrons. The molecule has 0 radical (unpaired) electrons. The van der Waals surface area contributed by atoms with Crippen molar-refractivity contribution in [2.75, 3.05) is 12.8 Å². The van der Waals surface area contributed by atoms with E-state index >= 15 is 0 Å². The van der Waals surface area contributed by atoms with Crippen molar-refractivity contribution in [3.8, 4) is 0 Å². The summed E-state index contributed by atoms with van der Waals surface area (Å²) >= 11 is 0. The lowest BCUT2D eigenvalue weighted by Crippen LogP contribution is -2.14. The Hall–Kier alpha value is -1.16. The second-order valence-electron chi connectivity index (χ2n) is 2.91. The number of nitrogens with one attached hydrogen (secondary N) is 1. The molecule has 0 aliphatic heterocycles. The minimum atomic E-state index is -0.585. The summed E-state index contributed by atoms with van der Waals surface area (Å²) < 4.78 is 26.1. The van der Waals surface area contributed by atoms with Gasteiger partial charge in [-0.3, -0.25) is 0 Å². The zero-order valence-corrected chi connectivity index (χ0v) is 7.57. The quantitative estimate of drug-likeness (QED) is 0.691. The van der Waals surface area contributed by atoms with E-state index in [9.17, 15) is 8.78 Å². The van der Waals surface area contributed by atoms with Crippen LogP contribution in [0.3, 0.4) is 0 Å².